The van der Waals surface area contributed by atoms with Crippen LogP contribution >= 0.6 is 11.3 Å². The molecule has 0 aliphatic carbocycles. The molecule has 2 aromatic heterocycles. The standard InChI is InChI=1S/C19H26N4O2S/c1-4-25-18(24)17-14(3)21-19(26-17)22-16-8-10-23(11-13(16)2)12-15-7-5-6-9-20-15/h5-7,9,13,16H,4,8,10-12H2,1-3H3,(H,21,22). The first kappa shape index (κ1) is 18.8. The highest BCUT2D eigenvalue weighted by Gasteiger charge is 2.27. The number of aryl methyl sites for hydroxylation is 1. The van der Waals surface area contributed by atoms with Gasteiger partial charge in [-0.2, -0.15) is 0 Å². The second kappa shape index (κ2) is 8.60. The Balaban J connectivity index is 1.57. The van der Waals surface area contributed by atoms with Gasteiger partial charge in [0, 0.05) is 31.9 Å². The monoisotopic (exact) mass is 374 g/mol. The summed E-state index contributed by atoms with van der Waals surface area (Å²) in [7, 11) is 0. The molecule has 26 heavy (non-hydrogen) atoms. The minimum Gasteiger partial charge on any atom is -0.462 e. The zero-order valence-corrected chi connectivity index (χ0v) is 16.4. The summed E-state index contributed by atoms with van der Waals surface area (Å²) < 4.78 is 5.09. The topological polar surface area (TPSA) is 67.3 Å². The number of rotatable bonds is 6. The molecular weight excluding hydrogens is 348 g/mol. The molecule has 1 aliphatic rings. The van der Waals surface area contributed by atoms with Crippen LogP contribution in [0, 0.1) is 12.8 Å². The van der Waals surface area contributed by atoms with Crippen molar-refractivity contribution in [3.05, 3.63) is 40.7 Å². The van der Waals surface area contributed by atoms with Gasteiger partial charge in [-0.3, -0.25) is 9.88 Å². The summed E-state index contributed by atoms with van der Waals surface area (Å²) in [6.45, 7) is 9.23. The predicted molar refractivity (Wildman–Crippen MR) is 104 cm³/mol. The van der Waals surface area contributed by atoms with E-state index in [-0.39, 0.29) is 5.97 Å². The van der Waals surface area contributed by atoms with Gasteiger partial charge in [0.2, 0.25) is 0 Å². The van der Waals surface area contributed by atoms with Crippen LogP contribution in [0.25, 0.3) is 0 Å². The lowest BCUT2D eigenvalue weighted by molar-refractivity contribution is 0.0531. The molecule has 7 heteroatoms. The van der Waals surface area contributed by atoms with Gasteiger partial charge in [-0.25, -0.2) is 9.78 Å². The van der Waals surface area contributed by atoms with Crippen molar-refractivity contribution in [1.29, 1.82) is 0 Å². The SMILES string of the molecule is CCOC(=O)c1sc(NC2CCN(Cc3ccccn3)CC2C)nc1C. The third-order valence-electron chi connectivity index (χ3n) is 4.67. The largest absolute Gasteiger partial charge is 0.462 e. The molecule has 2 unspecified atom stereocenters. The van der Waals surface area contributed by atoms with Crippen LogP contribution in [0.3, 0.4) is 0 Å². The average molecular weight is 375 g/mol. The number of esters is 1. The van der Waals surface area contributed by atoms with Crippen molar-refractivity contribution in [2.24, 2.45) is 5.92 Å². The summed E-state index contributed by atoms with van der Waals surface area (Å²) in [5.41, 5.74) is 1.84. The maximum absolute atomic E-state index is 12.0. The molecule has 0 spiro atoms. The summed E-state index contributed by atoms with van der Waals surface area (Å²) in [4.78, 5) is 23.9. The Morgan fingerprint density at radius 1 is 1.46 bits per heavy atom. The molecule has 3 heterocycles. The quantitative estimate of drug-likeness (QED) is 0.782. The summed E-state index contributed by atoms with van der Waals surface area (Å²) in [5, 5.41) is 4.34. The van der Waals surface area contributed by atoms with Crippen molar-refractivity contribution in [2.75, 3.05) is 25.0 Å². The number of hydrogen-bond donors (Lipinski definition) is 1. The van der Waals surface area contributed by atoms with Gasteiger partial charge in [-0.1, -0.05) is 24.3 Å². The van der Waals surface area contributed by atoms with Gasteiger partial charge in [0.1, 0.15) is 4.88 Å². The van der Waals surface area contributed by atoms with Crippen LogP contribution in [0.15, 0.2) is 24.4 Å². The van der Waals surface area contributed by atoms with Crippen LogP contribution in [0.2, 0.25) is 0 Å². The van der Waals surface area contributed by atoms with E-state index in [0.717, 1.165) is 42.6 Å². The Bertz CT molecular complexity index is 734. The lowest BCUT2D eigenvalue weighted by Gasteiger charge is -2.37. The number of pyridine rings is 1. The van der Waals surface area contributed by atoms with E-state index in [0.29, 0.717) is 23.4 Å². The van der Waals surface area contributed by atoms with E-state index in [1.165, 1.54) is 11.3 Å². The van der Waals surface area contributed by atoms with Crippen LogP contribution < -0.4 is 5.32 Å². The molecule has 0 aromatic carbocycles. The zero-order valence-electron chi connectivity index (χ0n) is 15.6. The number of nitrogens with zero attached hydrogens (tertiary/aromatic N) is 3. The number of likely N-dealkylation sites (tertiary alicyclic amines) is 1. The fraction of sp³-hybridized carbons (Fsp3) is 0.526. The van der Waals surface area contributed by atoms with E-state index >= 15 is 0 Å². The van der Waals surface area contributed by atoms with Gasteiger partial charge in [0.15, 0.2) is 5.13 Å². The van der Waals surface area contributed by atoms with Crippen molar-refractivity contribution >= 4 is 22.4 Å². The van der Waals surface area contributed by atoms with E-state index < -0.39 is 0 Å². The van der Waals surface area contributed by atoms with Crippen molar-refractivity contribution in [3.63, 3.8) is 0 Å². The molecule has 0 saturated carbocycles. The third-order valence-corrected chi connectivity index (χ3v) is 5.74. The highest BCUT2D eigenvalue weighted by atomic mass is 32.1. The molecule has 2 atom stereocenters. The van der Waals surface area contributed by atoms with E-state index in [1.54, 1.807) is 0 Å². The van der Waals surface area contributed by atoms with Crippen LogP contribution in [-0.2, 0) is 11.3 Å². The normalized spacial score (nSPS) is 20.7. The average Bonchev–Trinajstić information content (AvgIpc) is 2.99. The van der Waals surface area contributed by atoms with E-state index in [1.807, 2.05) is 32.2 Å². The first-order chi connectivity index (χ1) is 12.6. The summed E-state index contributed by atoms with van der Waals surface area (Å²) in [6.07, 6.45) is 2.89. The molecule has 1 saturated heterocycles. The molecule has 0 bridgehead atoms. The number of anilines is 1. The smallest absolute Gasteiger partial charge is 0.350 e. The Hall–Kier alpha value is -1.99. The first-order valence-corrected chi connectivity index (χ1v) is 9.91. The number of hydrogen-bond acceptors (Lipinski definition) is 7. The van der Waals surface area contributed by atoms with Crippen molar-refractivity contribution in [1.82, 2.24) is 14.9 Å². The maximum Gasteiger partial charge on any atom is 0.350 e. The van der Waals surface area contributed by atoms with E-state index in [2.05, 4.69) is 33.2 Å². The Labute approximate surface area is 158 Å². The van der Waals surface area contributed by atoms with Crippen LogP contribution in [0.5, 0.6) is 0 Å². The van der Waals surface area contributed by atoms with Crippen LogP contribution in [0.1, 0.15) is 41.3 Å². The number of nitrogens with one attached hydrogen (secondary N) is 1. The van der Waals surface area contributed by atoms with Gasteiger partial charge < -0.3 is 10.1 Å². The summed E-state index contributed by atoms with van der Waals surface area (Å²) >= 11 is 1.39. The molecule has 2 aromatic rings. The Kier molecular flexibility index (Phi) is 6.21. The second-order valence-corrected chi connectivity index (χ2v) is 7.73. The highest BCUT2D eigenvalue weighted by Crippen LogP contribution is 2.27. The van der Waals surface area contributed by atoms with Crippen LogP contribution in [-0.4, -0.2) is 46.6 Å². The minimum atomic E-state index is -0.284. The molecule has 1 N–H and O–H groups in total. The van der Waals surface area contributed by atoms with E-state index in [9.17, 15) is 4.79 Å². The molecule has 6 nitrogen and oxygen atoms in total. The van der Waals surface area contributed by atoms with Crippen molar-refractivity contribution in [3.8, 4) is 0 Å². The van der Waals surface area contributed by atoms with E-state index in [4.69, 9.17) is 4.74 Å². The maximum atomic E-state index is 12.0. The summed E-state index contributed by atoms with van der Waals surface area (Å²) in [5.74, 6) is 0.205. The van der Waals surface area contributed by atoms with Crippen molar-refractivity contribution < 1.29 is 9.53 Å². The third kappa shape index (κ3) is 4.59. The number of thiazole rings is 1. The highest BCUT2D eigenvalue weighted by molar-refractivity contribution is 7.17. The van der Waals surface area contributed by atoms with Gasteiger partial charge in [-0.05, 0) is 38.3 Å². The van der Waals surface area contributed by atoms with Gasteiger partial charge in [-0.15, -0.1) is 0 Å². The number of aromatic nitrogens is 2. The lowest BCUT2D eigenvalue weighted by Crippen LogP contribution is -2.44. The second-order valence-electron chi connectivity index (χ2n) is 6.73. The zero-order chi connectivity index (χ0) is 18.5. The number of carbonyl (C=O) groups excluding carboxylic acids is 1. The fourth-order valence-electron chi connectivity index (χ4n) is 3.31. The van der Waals surface area contributed by atoms with Crippen molar-refractivity contribution in [2.45, 2.75) is 39.8 Å². The molecule has 3 rings (SSSR count). The number of carbonyl (C=O) groups is 1. The molecular formula is C19H26N4O2S. The van der Waals surface area contributed by atoms with Gasteiger partial charge in [0.25, 0.3) is 0 Å². The molecule has 1 fully saturated rings. The van der Waals surface area contributed by atoms with Gasteiger partial charge in [0.05, 0.1) is 18.0 Å². The molecule has 0 radical (unpaired) electrons. The predicted octanol–water partition coefficient (Wildman–Crippen LogP) is 3.35. The summed E-state index contributed by atoms with van der Waals surface area (Å²) in [6, 6.07) is 6.41. The molecule has 0 amide bonds. The minimum absolute atomic E-state index is 0.284. The number of piperidine rings is 1. The molecule has 140 valence electrons. The Morgan fingerprint density at radius 2 is 2.31 bits per heavy atom. The van der Waals surface area contributed by atoms with Crippen LogP contribution in [0.4, 0.5) is 5.13 Å². The number of ether oxygens (including phenoxy) is 1. The Morgan fingerprint density at radius 3 is 3.00 bits per heavy atom. The van der Waals surface area contributed by atoms with Gasteiger partial charge >= 0.3 is 5.97 Å². The molecule has 1 aliphatic heterocycles. The first-order valence-electron chi connectivity index (χ1n) is 9.10. The fourth-order valence-corrected chi connectivity index (χ4v) is 4.24. The lowest BCUT2D eigenvalue weighted by atomic mass is 9.94.